The van der Waals surface area contributed by atoms with Gasteiger partial charge in [-0.15, -0.1) is 0 Å². The van der Waals surface area contributed by atoms with Crippen LogP contribution in [0, 0.1) is 28.1 Å². The molecule has 290 valence electrons. The average Bonchev–Trinajstić information content (AvgIpc) is 2.89. The predicted molar refractivity (Wildman–Crippen MR) is 191 cm³/mol. The zero-order chi connectivity index (χ0) is 33.0. The molecule has 0 aromatic rings. The SMILES string of the molecule is C.C.C.C.CCC(C)(CC(C)(C)C(=O)OC12CC3CC(O)(CC(O)(C3)C1)C2)C(=O)OC12CC3CC(O)(C1)CC(C(=O)OC1CCCCO1)(C3)C2. The first kappa shape index (κ1) is 42.7. The minimum Gasteiger partial charge on any atom is -0.458 e. The number of hydrogen-bond donors (Lipinski definition) is 3. The quantitative estimate of drug-likeness (QED) is 0.166. The van der Waals surface area contributed by atoms with Gasteiger partial charge >= 0.3 is 17.9 Å². The summed E-state index contributed by atoms with van der Waals surface area (Å²) < 4.78 is 24.3. The van der Waals surface area contributed by atoms with Crippen LogP contribution in [0.2, 0.25) is 0 Å². The molecule has 0 amide bonds. The number of rotatable bonds is 9. The van der Waals surface area contributed by atoms with Crippen molar-refractivity contribution >= 4 is 17.9 Å². The van der Waals surface area contributed by atoms with E-state index in [1.165, 1.54) is 0 Å². The molecule has 9 fully saturated rings. The van der Waals surface area contributed by atoms with Crippen LogP contribution in [0.5, 0.6) is 0 Å². The summed E-state index contributed by atoms with van der Waals surface area (Å²) in [6.45, 7) is 7.85. The molecule has 50 heavy (non-hydrogen) atoms. The highest BCUT2D eigenvalue weighted by Gasteiger charge is 2.69. The van der Waals surface area contributed by atoms with Crippen molar-refractivity contribution in [3.8, 4) is 0 Å². The van der Waals surface area contributed by atoms with E-state index in [-0.39, 0.29) is 60.4 Å². The number of carbonyl (C=O) groups is 3. The van der Waals surface area contributed by atoms with Gasteiger partial charge in [0.1, 0.15) is 11.2 Å². The zero-order valence-corrected chi connectivity index (χ0v) is 28.2. The predicted octanol–water partition coefficient (Wildman–Crippen LogP) is 7.17. The number of ether oxygens (including phenoxy) is 4. The largest absolute Gasteiger partial charge is 0.458 e. The summed E-state index contributed by atoms with van der Waals surface area (Å²) in [5.41, 5.74) is -8.04. The Kier molecular flexibility index (Phi) is 11.6. The van der Waals surface area contributed by atoms with E-state index in [0.29, 0.717) is 90.1 Å². The van der Waals surface area contributed by atoms with Crippen molar-refractivity contribution in [2.75, 3.05) is 6.61 Å². The molecule has 0 radical (unpaired) electrons. The van der Waals surface area contributed by atoms with Gasteiger partial charge < -0.3 is 34.3 Å². The molecule has 3 N–H and O–H groups in total. The van der Waals surface area contributed by atoms with E-state index in [4.69, 9.17) is 18.9 Å². The fourth-order valence-electron chi connectivity index (χ4n) is 12.1. The monoisotopic (exact) mass is 710 g/mol. The van der Waals surface area contributed by atoms with Gasteiger partial charge in [-0.1, -0.05) is 36.6 Å². The Bertz CT molecular complexity index is 1270. The second kappa shape index (κ2) is 13.6. The first-order chi connectivity index (χ1) is 21.3. The van der Waals surface area contributed by atoms with Gasteiger partial charge in [-0.25, -0.2) is 0 Å². The molecule has 8 saturated carbocycles. The third-order valence-electron chi connectivity index (χ3n) is 13.0. The van der Waals surface area contributed by atoms with Gasteiger partial charge in [0.05, 0.1) is 39.7 Å². The Balaban J connectivity index is 0.00000169. The third kappa shape index (κ3) is 7.38. The van der Waals surface area contributed by atoms with Crippen LogP contribution in [0.3, 0.4) is 0 Å². The smallest absolute Gasteiger partial charge is 0.314 e. The van der Waals surface area contributed by atoms with E-state index >= 15 is 0 Å². The third-order valence-corrected chi connectivity index (χ3v) is 13.0. The number of aliphatic hydroxyl groups is 3. The van der Waals surface area contributed by atoms with Crippen LogP contribution < -0.4 is 0 Å². The van der Waals surface area contributed by atoms with Gasteiger partial charge in [-0.05, 0) is 103 Å². The fraction of sp³-hybridized carbons (Fsp3) is 0.925. The van der Waals surface area contributed by atoms with Gasteiger partial charge in [0.15, 0.2) is 0 Å². The van der Waals surface area contributed by atoms with Crippen molar-refractivity contribution in [3.63, 3.8) is 0 Å². The highest BCUT2D eigenvalue weighted by Crippen LogP contribution is 2.65. The van der Waals surface area contributed by atoms with Crippen LogP contribution in [0.15, 0.2) is 0 Å². The fourth-order valence-corrected chi connectivity index (χ4v) is 12.1. The molecule has 0 aromatic heterocycles. The molecule has 10 heteroatoms. The molecule has 0 spiro atoms. The molecule has 0 aromatic carbocycles. The van der Waals surface area contributed by atoms with Crippen LogP contribution in [-0.2, 0) is 33.3 Å². The van der Waals surface area contributed by atoms with E-state index in [0.717, 1.165) is 12.8 Å². The summed E-state index contributed by atoms with van der Waals surface area (Å²) in [4.78, 5) is 41.8. The Morgan fingerprint density at radius 3 is 1.72 bits per heavy atom. The maximum absolute atomic E-state index is 14.2. The maximum atomic E-state index is 14.2. The van der Waals surface area contributed by atoms with Gasteiger partial charge in [-0.2, -0.15) is 0 Å². The molecule has 9 aliphatic rings. The van der Waals surface area contributed by atoms with E-state index < -0.39 is 62.5 Å². The summed E-state index contributed by atoms with van der Waals surface area (Å²) in [5, 5.41) is 34.0. The molecule has 10 nitrogen and oxygen atoms in total. The molecular weight excluding hydrogens is 640 g/mol. The van der Waals surface area contributed by atoms with Gasteiger partial charge in [0.25, 0.3) is 0 Å². The standard InChI is InChI=1S/C36H54O10.4CH4/c1-5-30(4,16-29(2,3)26(37)45-36-15-24-12-33(41,21-36)19-34(42,13-24)22-36)27(38)46-35-14-23-10-31(18-35,17-32(40,11-23)20-35)28(39)44-25-8-6-7-9-43-25;;;;/h23-25,40-42H,5-22H2,1-4H3;4*1H4. The second-order valence-electron chi connectivity index (χ2n) is 18.3. The Labute approximate surface area is 301 Å². The van der Waals surface area contributed by atoms with Gasteiger partial charge in [-0.3, -0.25) is 14.4 Å². The normalized spacial score (nSPS) is 43.1. The Morgan fingerprint density at radius 2 is 1.22 bits per heavy atom. The van der Waals surface area contributed by atoms with Crippen LogP contribution in [-0.4, -0.2) is 74.1 Å². The summed E-state index contributed by atoms with van der Waals surface area (Å²) >= 11 is 0. The van der Waals surface area contributed by atoms with Crippen LogP contribution >= 0.6 is 0 Å². The van der Waals surface area contributed by atoms with Crippen molar-refractivity contribution < 1.29 is 48.7 Å². The van der Waals surface area contributed by atoms with Gasteiger partial charge in [0.2, 0.25) is 6.29 Å². The van der Waals surface area contributed by atoms with Crippen molar-refractivity contribution in [3.05, 3.63) is 0 Å². The summed E-state index contributed by atoms with van der Waals surface area (Å²) in [6, 6.07) is 0. The van der Waals surface area contributed by atoms with Crippen molar-refractivity contribution in [1.29, 1.82) is 0 Å². The van der Waals surface area contributed by atoms with Crippen LogP contribution in [0.4, 0.5) is 0 Å². The minimum absolute atomic E-state index is 0. The molecule has 1 aliphatic heterocycles. The number of carbonyl (C=O) groups excluding carboxylic acids is 3. The van der Waals surface area contributed by atoms with Crippen molar-refractivity contribution in [1.82, 2.24) is 0 Å². The first-order valence-electron chi connectivity index (χ1n) is 17.8. The number of hydrogen-bond acceptors (Lipinski definition) is 10. The molecule has 1 heterocycles. The highest BCUT2D eigenvalue weighted by atomic mass is 16.7. The van der Waals surface area contributed by atoms with E-state index in [9.17, 15) is 29.7 Å². The summed E-state index contributed by atoms with van der Waals surface area (Å²) in [7, 11) is 0. The Morgan fingerprint density at radius 1 is 0.700 bits per heavy atom. The highest BCUT2D eigenvalue weighted by molar-refractivity contribution is 5.82. The van der Waals surface area contributed by atoms with Crippen molar-refractivity contribution in [2.45, 2.75) is 201 Å². The molecule has 8 aliphatic carbocycles. The second-order valence-corrected chi connectivity index (χ2v) is 18.3. The lowest BCUT2D eigenvalue weighted by Gasteiger charge is -2.63. The maximum Gasteiger partial charge on any atom is 0.314 e. The molecule has 8 atom stereocenters. The van der Waals surface area contributed by atoms with E-state index in [1.807, 2.05) is 13.8 Å². The summed E-state index contributed by atoms with van der Waals surface area (Å²) in [6.07, 6.45) is 8.13. The lowest BCUT2D eigenvalue weighted by molar-refractivity contribution is -0.265. The van der Waals surface area contributed by atoms with Crippen LogP contribution in [0.1, 0.15) is 167 Å². The van der Waals surface area contributed by atoms with Crippen molar-refractivity contribution in [2.24, 2.45) is 28.1 Å². The average molecular weight is 711 g/mol. The van der Waals surface area contributed by atoms with E-state index in [2.05, 4.69) is 0 Å². The molecular formula is C40H70O10. The lowest BCUT2D eigenvalue weighted by atomic mass is 9.46. The molecule has 8 unspecified atom stereocenters. The number of esters is 3. The van der Waals surface area contributed by atoms with Crippen LogP contribution in [0.25, 0.3) is 0 Å². The zero-order valence-electron chi connectivity index (χ0n) is 28.2. The summed E-state index contributed by atoms with van der Waals surface area (Å²) in [5.74, 6) is -1.07. The topological polar surface area (TPSA) is 149 Å². The van der Waals surface area contributed by atoms with E-state index in [1.54, 1.807) is 13.8 Å². The molecule has 9 rings (SSSR count). The van der Waals surface area contributed by atoms with Gasteiger partial charge in [0, 0.05) is 38.5 Å². The Hall–Kier alpha value is -1.75. The minimum atomic E-state index is -1.11. The molecule has 8 bridgehead atoms. The lowest BCUT2D eigenvalue weighted by Crippen LogP contribution is -2.67. The first-order valence-corrected chi connectivity index (χ1v) is 17.8. The molecule has 1 saturated heterocycles.